The van der Waals surface area contributed by atoms with Crippen LogP contribution in [-0.4, -0.2) is 6.54 Å². The van der Waals surface area contributed by atoms with Gasteiger partial charge in [-0.05, 0) is 36.7 Å². The quantitative estimate of drug-likeness (QED) is 0.772. The number of ether oxygens (including phenoxy) is 1. The van der Waals surface area contributed by atoms with Gasteiger partial charge in [-0.3, -0.25) is 0 Å². The molecule has 2 aromatic rings. The van der Waals surface area contributed by atoms with Crippen molar-refractivity contribution < 1.29 is 9.13 Å². The Bertz CT molecular complexity index is 525. The van der Waals surface area contributed by atoms with Gasteiger partial charge in [0.15, 0.2) is 0 Å². The third-order valence-corrected chi connectivity index (χ3v) is 3.03. The van der Waals surface area contributed by atoms with Crippen LogP contribution in [0.1, 0.15) is 24.5 Å². The van der Waals surface area contributed by atoms with Gasteiger partial charge in [0.05, 0.1) is 0 Å². The van der Waals surface area contributed by atoms with Crippen molar-refractivity contribution in [2.24, 2.45) is 0 Å². The van der Waals surface area contributed by atoms with E-state index >= 15 is 0 Å². The lowest BCUT2D eigenvalue weighted by atomic mass is 10.2. The largest absolute Gasteiger partial charge is 0.489 e. The standard InChI is InChI=1S/C17H20FNO/c1-2-11-19-12-14-7-9-16(10-8-14)20-13-15-5-3-4-6-17(15)18/h3-10,19H,2,11-13H2,1H3. The lowest BCUT2D eigenvalue weighted by Gasteiger charge is -2.08. The van der Waals surface area contributed by atoms with E-state index in [1.54, 1.807) is 12.1 Å². The molecule has 1 N–H and O–H groups in total. The van der Waals surface area contributed by atoms with Gasteiger partial charge in [-0.1, -0.05) is 37.3 Å². The fourth-order valence-electron chi connectivity index (χ4n) is 1.89. The number of benzene rings is 2. The summed E-state index contributed by atoms with van der Waals surface area (Å²) >= 11 is 0. The van der Waals surface area contributed by atoms with Crippen LogP contribution in [0.3, 0.4) is 0 Å². The molecule has 0 aliphatic heterocycles. The van der Waals surface area contributed by atoms with E-state index in [9.17, 15) is 4.39 Å². The van der Waals surface area contributed by atoms with Gasteiger partial charge in [-0.15, -0.1) is 0 Å². The van der Waals surface area contributed by atoms with Crippen molar-refractivity contribution in [3.63, 3.8) is 0 Å². The minimum absolute atomic E-state index is 0.229. The first kappa shape index (κ1) is 14.5. The highest BCUT2D eigenvalue weighted by Crippen LogP contribution is 2.15. The number of halogens is 1. The first-order chi connectivity index (χ1) is 9.79. The molecule has 0 spiro atoms. The number of nitrogens with one attached hydrogen (secondary N) is 1. The van der Waals surface area contributed by atoms with E-state index in [1.165, 1.54) is 11.6 Å². The van der Waals surface area contributed by atoms with E-state index < -0.39 is 0 Å². The number of rotatable bonds is 7. The second kappa shape index (κ2) is 7.65. The zero-order valence-corrected chi connectivity index (χ0v) is 11.7. The minimum atomic E-state index is -0.229. The summed E-state index contributed by atoms with van der Waals surface area (Å²) in [5.41, 5.74) is 1.79. The van der Waals surface area contributed by atoms with E-state index in [0.29, 0.717) is 5.56 Å². The molecule has 0 unspecified atom stereocenters. The first-order valence-electron chi connectivity index (χ1n) is 6.95. The summed E-state index contributed by atoms with van der Waals surface area (Å²) in [5, 5.41) is 3.35. The molecule has 0 saturated carbocycles. The van der Waals surface area contributed by atoms with Crippen LogP contribution in [0.4, 0.5) is 4.39 Å². The molecule has 0 saturated heterocycles. The maximum Gasteiger partial charge on any atom is 0.129 e. The van der Waals surface area contributed by atoms with Gasteiger partial charge in [-0.25, -0.2) is 4.39 Å². The zero-order chi connectivity index (χ0) is 14.2. The number of hydrogen-bond acceptors (Lipinski definition) is 2. The molecular formula is C17H20FNO. The highest BCUT2D eigenvalue weighted by molar-refractivity contribution is 5.28. The molecule has 0 atom stereocenters. The molecule has 0 aromatic heterocycles. The molecule has 0 fully saturated rings. The lowest BCUT2D eigenvalue weighted by molar-refractivity contribution is 0.300. The van der Waals surface area contributed by atoms with E-state index in [0.717, 1.165) is 25.3 Å². The normalized spacial score (nSPS) is 10.5. The molecule has 2 rings (SSSR count). The predicted octanol–water partition coefficient (Wildman–Crippen LogP) is 3.90. The highest BCUT2D eigenvalue weighted by Gasteiger charge is 2.01. The van der Waals surface area contributed by atoms with Crippen LogP contribution < -0.4 is 10.1 Å². The summed E-state index contributed by atoms with van der Waals surface area (Å²) in [5.74, 6) is 0.528. The van der Waals surface area contributed by atoms with Crippen LogP contribution in [-0.2, 0) is 13.2 Å². The van der Waals surface area contributed by atoms with Gasteiger partial charge >= 0.3 is 0 Å². The van der Waals surface area contributed by atoms with Crippen molar-refractivity contribution >= 4 is 0 Å². The summed E-state index contributed by atoms with van der Waals surface area (Å²) in [7, 11) is 0. The van der Waals surface area contributed by atoms with E-state index in [4.69, 9.17) is 4.74 Å². The second-order valence-electron chi connectivity index (χ2n) is 4.70. The molecule has 0 amide bonds. The van der Waals surface area contributed by atoms with Gasteiger partial charge in [0, 0.05) is 12.1 Å². The fourth-order valence-corrected chi connectivity index (χ4v) is 1.89. The molecule has 106 valence electrons. The Morgan fingerprint density at radius 3 is 2.50 bits per heavy atom. The second-order valence-corrected chi connectivity index (χ2v) is 4.70. The van der Waals surface area contributed by atoms with Gasteiger partial charge in [0.1, 0.15) is 18.2 Å². The molecule has 0 aliphatic carbocycles. The van der Waals surface area contributed by atoms with Gasteiger partial charge in [-0.2, -0.15) is 0 Å². The third kappa shape index (κ3) is 4.35. The van der Waals surface area contributed by atoms with Crippen molar-refractivity contribution in [3.05, 3.63) is 65.5 Å². The first-order valence-corrected chi connectivity index (χ1v) is 6.95. The van der Waals surface area contributed by atoms with Crippen LogP contribution in [0.5, 0.6) is 5.75 Å². The van der Waals surface area contributed by atoms with E-state index in [2.05, 4.69) is 12.2 Å². The van der Waals surface area contributed by atoms with Crippen molar-refractivity contribution in [2.75, 3.05) is 6.54 Å². The van der Waals surface area contributed by atoms with Crippen LogP contribution in [0.2, 0.25) is 0 Å². The minimum Gasteiger partial charge on any atom is -0.489 e. The van der Waals surface area contributed by atoms with Gasteiger partial charge in [0.2, 0.25) is 0 Å². The summed E-state index contributed by atoms with van der Waals surface area (Å²) in [6, 6.07) is 14.6. The molecule has 20 heavy (non-hydrogen) atoms. The molecule has 2 nitrogen and oxygen atoms in total. The third-order valence-electron chi connectivity index (χ3n) is 3.03. The molecule has 0 aliphatic rings. The molecule has 3 heteroatoms. The average Bonchev–Trinajstić information content (AvgIpc) is 2.48. The Hall–Kier alpha value is -1.87. The Morgan fingerprint density at radius 2 is 1.80 bits per heavy atom. The van der Waals surface area contributed by atoms with Crippen LogP contribution in [0.15, 0.2) is 48.5 Å². The molecule has 2 aromatic carbocycles. The Morgan fingerprint density at radius 1 is 1.05 bits per heavy atom. The molecular weight excluding hydrogens is 253 g/mol. The van der Waals surface area contributed by atoms with Crippen molar-refractivity contribution in [1.29, 1.82) is 0 Å². The summed E-state index contributed by atoms with van der Waals surface area (Å²) in [4.78, 5) is 0. The lowest BCUT2D eigenvalue weighted by Crippen LogP contribution is -2.13. The molecule has 0 radical (unpaired) electrons. The topological polar surface area (TPSA) is 21.3 Å². The van der Waals surface area contributed by atoms with Crippen LogP contribution in [0.25, 0.3) is 0 Å². The van der Waals surface area contributed by atoms with E-state index in [1.807, 2.05) is 30.3 Å². The molecule has 0 bridgehead atoms. The average molecular weight is 273 g/mol. The fraction of sp³-hybridized carbons (Fsp3) is 0.294. The predicted molar refractivity (Wildman–Crippen MR) is 79.2 cm³/mol. The molecule has 0 heterocycles. The van der Waals surface area contributed by atoms with Crippen molar-refractivity contribution in [3.8, 4) is 5.75 Å². The zero-order valence-electron chi connectivity index (χ0n) is 11.7. The maximum atomic E-state index is 13.4. The van der Waals surface area contributed by atoms with E-state index in [-0.39, 0.29) is 12.4 Å². The van der Waals surface area contributed by atoms with Crippen molar-refractivity contribution in [2.45, 2.75) is 26.5 Å². The summed E-state index contributed by atoms with van der Waals surface area (Å²) in [6.45, 7) is 4.28. The summed E-state index contributed by atoms with van der Waals surface area (Å²) < 4.78 is 19.0. The Balaban J connectivity index is 1.86. The van der Waals surface area contributed by atoms with Crippen molar-refractivity contribution in [1.82, 2.24) is 5.32 Å². The van der Waals surface area contributed by atoms with Crippen LogP contribution in [0, 0.1) is 5.82 Å². The highest BCUT2D eigenvalue weighted by atomic mass is 19.1. The number of hydrogen-bond donors (Lipinski definition) is 1. The SMILES string of the molecule is CCCNCc1ccc(OCc2ccccc2F)cc1. The van der Waals surface area contributed by atoms with Gasteiger partial charge < -0.3 is 10.1 Å². The smallest absolute Gasteiger partial charge is 0.129 e. The summed E-state index contributed by atoms with van der Waals surface area (Å²) in [6.07, 6.45) is 1.13. The Labute approximate surface area is 119 Å². The van der Waals surface area contributed by atoms with Crippen LogP contribution >= 0.6 is 0 Å². The maximum absolute atomic E-state index is 13.4. The Kier molecular flexibility index (Phi) is 5.56. The monoisotopic (exact) mass is 273 g/mol. The van der Waals surface area contributed by atoms with Gasteiger partial charge in [0.25, 0.3) is 0 Å².